The first-order chi connectivity index (χ1) is 15.9. The Bertz CT molecular complexity index is 1190. The maximum Gasteiger partial charge on any atom is 0.419 e. The molecule has 1 fully saturated rings. The van der Waals surface area contributed by atoms with Gasteiger partial charge in [0, 0.05) is 44.5 Å². The molecule has 2 aromatic carbocycles. The highest BCUT2D eigenvalue weighted by atomic mass is 16.4. The number of oxazole rings is 1. The van der Waals surface area contributed by atoms with Crippen LogP contribution in [0.3, 0.4) is 0 Å². The van der Waals surface area contributed by atoms with Gasteiger partial charge in [-0.3, -0.25) is 24.0 Å². The molecule has 0 spiro atoms. The summed E-state index contributed by atoms with van der Waals surface area (Å²) in [6.45, 7) is 5.09. The number of fused-ring (bicyclic) bond motifs is 1. The molecule has 0 bridgehead atoms. The first-order valence-corrected chi connectivity index (χ1v) is 11.2. The van der Waals surface area contributed by atoms with E-state index in [1.807, 2.05) is 30.0 Å². The molecule has 3 N–H and O–H groups in total. The highest BCUT2D eigenvalue weighted by molar-refractivity contribution is 5.94. The van der Waals surface area contributed by atoms with Gasteiger partial charge in [0.2, 0.25) is 11.8 Å². The molecule has 1 saturated heterocycles. The standard InChI is InChI=1S/C24H29N5O4/c1-2-10-29-19-9-8-18(13-21(19)33-24(29)32)26-22(30)16-28-12-11-27(15-20(28)23(25)31)14-17-6-4-3-5-7-17/h3-9,13,20H,2,10-12,14-16H2,1H3,(H2,25,31)(H,26,30)/t20-/m1/s1. The van der Waals surface area contributed by atoms with Crippen molar-refractivity contribution in [3.63, 3.8) is 0 Å². The van der Waals surface area contributed by atoms with E-state index in [4.69, 9.17) is 10.2 Å². The van der Waals surface area contributed by atoms with Gasteiger partial charge < -0.3 is 15.5 Å². The third kappa shape index (κ3) is 5.32. The van der Waals surface area contributed by atoms with Gasteiger partial charge in [-0.1, -0.05) is 37.3 Å². The fourth-order valence-corrected chi connectivity index (χ4v) is 4.29. The van der Waals surface area contributed by atoms with Crippen molar-refractivity contribution in [2.75, 3.05) is 31.5 Å². The fourth-order valence-electron chi connectivity index (χ4n) is 4.29. The second-order valence-corrected chi connectivity index (χ2v) is 8.36. The van der Waals surface area contributed by atoms with Crippen LogP contribution in [-0.2, 0) is 22.7 Å². The van der Waals surface area contributed by atoms with Crippen molar-refractivity contribution in [3.8, 4) is 0 Å². The summed E-state index contributed by atoms with van der Waals surface area (Å²) in [6, 6.07) is 14.7. The summed E-state index contributed by atoms with van der Waals surface area (Å²) in [4.78, 5) is 40.8. The van der Waals surface area contributed by atoms with Crippen LogP contribution in [0.4, 0.5) is 5.69 Å². The Morgan fingerprint density at radius 1 is 1.15 bits per heavy atom. The topological polar surface area (TPSA) is 114 Å². The molecule has 0 aliphatic carbocycles. The lowest BCUT2D eigenvalue weighted by Crippen LogP contribution is -2.59. The number of nitrogens with one attached hydrogen (secondary N) is 1. The molecule has 33 heavy (non-hydrogen) atoms. The quantitative estimate of drug-likeness (QED) is 0.538. The van der Waals surface area contributed by atoms with Gasteiger partial charge in [0.15, 0.2) is 5.58 Å². The zero-order chi connectivity index (χ0) is 23.4. The van der Waals surface area contributed by atoms with Crippen LogP contribution in [0.2, 0.25) is 0 Å². The number of hydrogen-bond donors (Lipinski definition) is 2. The molecule has 4 rings (SSSR count). The third-order valence-corrected chi connectivity index (χ3v) is 5.90. The van der Waals surface area contributed by atoms with Gasteiger partial charge in [0.05, 0.1) is 12.1 Å². The van der Waals surface area contributed by atoms with E-state index in [2.05, 4.69) is 22.3 Å². The molecule has 2 heterocycles. The average molecular weight is 452 g/mol. The minimum atomic E-state index is -0.545. The van der Waals surface area contributed by atoms with Gasteiger partial charge in [-0.05, 0) is 24.1 Å². The summed E-state index contributed by atoms with van der Waals surface area (Å²) in [5, 5.41) is 2.83. The van der Waals surface area contributed by atoms with E-state index in [0.29, 0.717) is 36.4 Å². The number of aryl methyl sites for hydroxylation is 1. The predicted octanol–water partition coefficient (Wildman–Crippen LogP) is 1.61. The van der Waals surface area contributed by atoms with Crippen LogP contribution >= 0.6 is 0 Å². The molecule has 0 unspecified atom stereocenters. The summed E-state index contributed by atoms with van der Waals surface area (Å²) in [5.41, 5.74) is 8.48. The maximum absolute atomic E-state index is 12.7. The average Bonchev–Trinajstić information content (AvgIpc) is 3.10. The van der Waals surface area contributed by atoms with Crippen molar-refractivity contribution in [1.82, 2.24) is 14.4 Å². The third-order valence-electron chi connectivity index (χ3n) is 5.90. The SMILES string of the molecule is CCCn1c(=O)oc2cc(NC(=O)CN3CCN(Cc4ccccc4)C[C@@H]3C(N)=O)ccc21. The van der Waals surface area contributed by atoms with Crippen LogP contribution in [0, 0.1) is 0 Å². The Morgan fingerprint density at radius 2 is 1.94 bits per heavy atom. The van der Waals surface area contributed by atoms with Gasteiger partial charge in [0.25, 0.3) is 0 Å². The number of piperazine rings is 1. The number of rotatable bonds is 8. The molecular weight excluding hydrogens is 422 g/mol. The number of anilines is 1. The lowest BCUT2D eigenvalue weighted by atomic mass is 10.1. The minimum absolute atomic E-state index is 0.0472. The Kier molecular flexibility index (Phi) is 6.90. The predicted molar refractivity (Wildman–Crippen MR) is 126 cm³/mol. The molecular formula is C24H29N5O4. The van der Waals surface area contributed by atoms with Gasteiger partial charge in [-0.2, -0.15) is 0 Å². The van der Waals surface area contributed by atoms with Gasteiger partial charge >= 0.3 is 5.76 Å². The fraction of sp³-hybridized carbons (Fsp3) is 0.375. The monoisotopic (exact) mass is 451 g/mol. The number of aromatic nitrogens is 1. The van der Waals surface area contributed by atoms with Gasteiger partial charge in [-0.25, -0.2) is 4.79 Å². The van der Waals surface area contributed by atoms with Crippen LogP contribution in [0.15, 0.2) is 57.7 Å². The number of benzene rings is 2. The highest BCUT2D eigenvalue weighted by Gasteiger charge is 2.32. The van der Waals surface area contributed by atoms with Crippen molar-refractivity contribution >= 4 is 28.6 Å². The van der Waals surface area contributed by atoms with Crippen LogP contribution in [-0.4, -0.2) is 58.4 Å². The zero-order valence-corrected chi connectivity index (χ0v) is 18.7. The largest absolute Gasteiger partial charge is 0.419 e. The molecule has 0 saturated carbocycles. The maximum atomic E-state index is 12.7. The van der Waals surface area contributed by atoms with E-state index < -0.39 is 17.7 Å². The van der Waals surface area contributed by atoms with E-state index in [1.54, 1.807) is 22.8 Å². The van der Waals surface area contributed by atoms with E-state index in [-0.39, 0.29) is 12.5 Å². The number of carbonyl (C=O) groups is 2. The van der Waals surface area contributed by atoms with E-state index in [1.165, 1.54) is 5.56 Å². The number of nitrogens with zero attached hydrogens (tertiary/aromatic N) is 3. The molecule has 0 radical (unpaired) electrons. The second-order valence-electron chi connectivity index (χ2n) is 8.36. The lowest BCUT2D eigenvalue weighted by Gasteiger charge is -2.39. The molecule has 9 nitrogen and oxygen atoms in total. The van der Waals surface area contributed by atoms with Gasteiger partial charge in [-0.15, -0.1) is 0 Å². The van der Waals surface area contributed by atoms with E-state index in [0.717, 1.165) is 19.5 Å². The van der Waals surface area contributed by atoms with Crippen molar-refractivity contribution in [2.45, 2.75) is 32.5 Å². The van der Waals surface area contributed by atoms with Crippen LogP contribution in [0.25, 0.3) is 11.1 Å². The Hall–Kier alpha value is -3.43. The van der Waals surface area contributed by atoms with Crippen LogP contribution in [0.5, 0.6) is 0 Å². The van der Waals surface area contributed by atoms with E-state index in [9.17, 15) is 14.4 Å². The highest BCUT2D eigenvalue weighted by Crippen LogP contribution is 2.19. The number of carbonyl (C=O) groups excluding carboxylic acids is 2. The summed E-state index contributed by atoms with van der Waals surface area (Å²) < 4.78 is 6.89. The molecule has 9 heteroatoms. The Morgan fingerprint density at radius 3 is 2.67 bits per heavy atom. The van der Waals surface area contributed by atoms with Crippen molar-refractivity contribution in [3.05, 3.63) is 64.6 Å². The molecule has 3 aromatic rings. The summed E-state index contributed by atoms with van der Waals surface area (Å²) in [5.74, 6) is -1.11. The molecule has 1 aliphatic rings. The summed E-state index contributed by atoms with van der Waals surface area (Å²) in [6.07, 6.45) is 0.812. The normalized spacial score (nSPS) is 17.3. The number of amides is 2. The van der Waals surface area contributed by atoms with Crippen LogP contribution < -0.4 is 16.8 Å². The lowest BCUT2D eigenvalue weighted by molar-refractivity contribution is -0.127. The number of primary amides is 1. The molecule has 1 aliphatic heterocycles. The Labute approximate surface area is 191 Å². The minimum Gasteiger partial charge on any atom is -0.408 e. The number of nitrogens with two attached hydrogens (primary N) is 1. The molecule has 2 amide bonds. The summed E-state index contributed by atoms with van der Waals surface area (Å²) in [7, 11) is 0. The second kappa shape index (κ2) is 10.0. The summed E-state index contributed by atoms with van der Waals surface area (Å²) >= 11 is 0. The van der Waals surface area contributed by atoms with E-state index >= 15 is 0 Å². The zero-order valence-electron chi connectivity index (χ0n) is 18.7. The Balaban J connectivity index is 1.39. The smallest absolute Gasteiger partial charge is 0.408 e. The van der Waals surface area contributed by atoms with Crippen molar-refractivity contribution < 1.29 is 14.0 Å². The van der Waals surface area contributed by atoms with Crippen molar-refractivity contribution in [1.29, 1.82) is 0 Å². The number of hydrogen-bond acceptors (Lipinski definition) is 6. The first kappa shape index (κ1) is 22.8. The van der Waals surface area contributed by atoms with Gasteiger partial charge in [0.1, 0.15) is 6.04 Å². The first-order valence-electron chi connectivity index (χ1n) is 11.2. The molecule has 174 valence electrons. The van der Waals surface area contributed by atoms with Crippen molar-refractivity contribution in [2.24, 2.45) is 5.73 Å². The molecule has 1 atom stereocenters. The molecule has 1 aromatic heterocycles. The van der Waals surface area contributed by atoms with Crippen LogP contribution in [0.1, 0.15) is 18.9 Å².